The fourth-order valence-electron chi connectivity index (χ4n) is 3.04. The first-order valence-electron chi connectivity index (χ1n) is 8.74. The average Bonchev–Trinajstić information content (AvgIpc) is 3.00. The largest absolute Gasteiger partial charge is 0.365 e. The Hall–Kier alpha value is -3.15. The van der Waals surface area contributed by atoms with E-state index < -0.39 is 5.97 Å². The van der Waals surface area contributed by atoms with E-state index in [1.165, 1.54) is 0 Å². The number of nitrogens with zero attached hydrogens (tertiary/aromatic N) is 2. The number of amides is 1. The Morgan fingerprint density at radius 3 is 2.45 bits per heavy atom. The van der Waals surface area contributed by atoms with Gasteiger partial charge >= 0.3 is 5.97 Å². The van der Waals surface area contributed by atoms with Gasteiger partial charge in [-0.05, 0) is 35.9 Å². The average molecular weight is 425 g/mol. The van der Waals surface area contributed by atoms with Crippen molar-refractivity contribution in [1.29, 1.82) is 0 Å². The molecule has 1 aliphatic rings. The van der Waals surface area contributed by atoms with Crippen molar-refractivity contribution in [2.75, 3.05) is 4.90 Å². The number of hydrogen-bond acceptors (Lipinski definition) is 4. The maximum atomic E-state index is 13.0. The molecule has 0 aromatic heterocycles. The van der Waals surface area contributed by atoms with E-state index in [1.807, 2.05) is 6.07 Å². The number of halogens is 2. The Morgan fingerprint density at radius 2 is 1.69 bits per heavy atom. The summed E-state index contributed by atoms with van der Waals surface area (Å²) in [6, 6.07) is 20.7. The quantitative estimate of drug-likeness (QED) is 0.432. The summed E-state index contributed by atoms with van der Waals surface area (Å²) in [5.41, 5.74) is 2.40. The van der Waals surface area contributed by atoms with Crippen LogP contribution >= 0.6 is 23.2 Å². The van der Waals surface area contributed by atoms with Crippen LogP contribution in [0.5, 0.6) is 0 Å². The lowest BCUT2D eigenvalue weighted by molar-refractivity contribution is -0.112. The van der Waals surface area contributed by atoms with E-state index in [2.05, 4.69) is 5.16 Å². The molecule has 4 rings (SSSR count). The lowest BCUT2D eigenvalue weighted by Gasteiger charge is -2.17. The van der Waals surface area contributed by atoms with Crippen LogP contribution in [0, 0.1) is 0 Å². The topological polar surface area (TPSA) is 59.0 Å². The van der Waals surface area contributed by atoms with Gasteiger partial charge in [0.1, 0.15) is 0 Å². The van der Waals surface area contributed by atoms with E-state index >= 15 is 0 Å². The van der Waals surface area contributed by atoms with E-state index in [4.69, 9.17) is 28.0 Å². The molecule has 1 amide bonds. The predicted octanol–water partition coefficient (Wildman–Crippen LogP) is 5.10. The molecule has 29 heavy (non-hydrogen) atoms. The van der Waals surface area contributed by atoms with Gasteiger partial charge < -0.3 is 9.74 Å². The van der Waals surface area contributed by atoms with Crippen LogP contribution < -0.4 is 4.90 Å². The minimum absolute atomic E-state index is 0.0648. The Bertz CT molecular complexity index is 1130. The van der Waals surface area contributed by atoms with Crippen LogP contribution in [0.4, 0.5) is 5.69 Å². The van der Waals surface area contributed by atoms with Gasteiger partial charge in [0.15, 0.2) is 5.71 Å². The highest BCUT2D eigenvalue weighted by Gasteiger charge is 2.35. The second-order valence-electron chi connectivity index (χ2n) is 6.33. The van der Waals surface area contributed by atoms with E-state index in [0.29, 0.717) is 26.9 Å². The van der Waals surface area contributed by atoms with Crippen LogP contribution in [0.2, 0.25) is 10.0 Å². The summed E-state index contributed by atoms with van der Waals surface area (Å²) in [5, 5.41) is 4.85. The highest BCUT2D eigenvalue weighted by Crippen LogP contribution is 2.32. The number of para-hydroxylation sites is 1. The summed E-state index contributed by atoms with van der Waals surface area (Å²) in [5.74, 6) is -1.01. The number of oxime groups is 1. The molecule has 0 radical (unpaired) electrons. The van der Waals surface area contributed by atoms with E-state index in [1.54, 1.807) is 71.6 Å². The summed E-state index contributed by atoms with van der Waals surface area (Å²) >= 11 is 12.2. The predicted molar refractivity (Wildman–Crippen MR) is 112 cm³/mol. The zero-order chi connectivity index (χ0) is 20.4. The molecule has 0 saturated heterocycles. The molecular formula is C22H14Cl2N2O3. The van der Waals surface area contributed by atoms with E-state index in [0.717, 1.165) is 5.56 Å². The number of fused-ring (bicyclic) bond motifs is 1. The van der Waals surface area contributed by atoms with Gasteiger partial charge in [0.2, 0.25) is 0 Å². The van der Waals surface area contributed by atoms with Crippen LogP contribution in [0.1, 0.15) is 21.5 Å². The molecule has 3 aromatic rings. The summed E-state index contributed by atoms with van der Waals surface area (Å²) < 4.78 is 0. The molecule has 0 unspecified atom stereocenters. The smallest absolute Gasteiger partial charge is 0.312 e. The number of rotatable bonds is 4. The number of carbonyl (C=O) groups is 2. The van der Waals surface area contributed by atoms with E-state index in [9.17, 15) is 9.59 Å². The third-order valence-corrected chi connectivity index (χ3v) is 5.06. The monoisotopic (exact) mass is 424 g/mol. The molecule has 7 heteroatoms. The van der Waals surface area contributed by atoms with Crippen molar-refractivity contribution < 1.29 is 14.4 Å². The van der Waals surface area contributed by atoms with Gasteiger partial charge in [-0.2, -0.15) is 0 Å². The summed E-state index contributed by atoms with van der Waals surface area (Å²) in [4.78, 5) is 31.8. The molecule has 0 saturated carbocycles. The van der Waals surface area contributed by atoms with Gasteiger partial charge in [0, 0.05) is 15.6 Å². The maximum absolute atomic E-state index is 13.0. The Balaban J connectivity index is 1.63. The molecule has 0 bridgehead atoms. The van der Waals surface area contributed by atoms with Crippen LogP contribution in [-0.4, -0.2) is 17.6 Å². The minimum atomic E-state index is -0.637. The number of benzene rings is 3. The van der Waals surface area contributed by atoms with Gasteiger partial charge in [0.25, 0.3) is 5.91 Å². The SMILES string of the molecule is O=C(ON=C1C(=O)N(Cc2ccc(Cl)cc2Cl)c2ccccc21)c1ccccc1. The van der Waals surface area contributed by atoms with Gasteiger partial charge in [0.05, 0.1) is 17.8 Å². The minimum Gasteiger partial charge on any atom is -0.312 e. The summed E-state index contributed by atoms with van der Waals surface area (Å²) in [6.45, 7) is 0.234. The van der Waals surface area contributed by atoms with Crippen molar-refractivity contribution in [2.45, 2.75) is 6.54 Å². The molecule has 0 aliphatic carbocycles. The molecule has 0 fully saturated rings. The highest BCUT2D eigenvalue weighted by atomic mass is 35.5. The number of hydrogen-bond donors (Lipinski definition) is 0. The normalized spacial score (nSPS) is 14.2. The zero-order valence-electron chi connectivity index (χ0n) is 15.0. The molecule has 1 aliphatic heterocycles. The molecule has 5 nitrogen and oxygen atoms in total. The number of anilines is 1. The Kier molecular flexibility index (Phi) is 5.34. The first-order valence-corrected chi connectivity index (χ1v) is 9.50. The van der Waals surface area contributed by atoms with Crippen LogP contribution in [0.25, 0.3) is 0 Å². The van der Waals surface area contributed by atoms with Crippen LogP contribution in [0.3, 0.4) is 0 Å². The van der Waals surface area contributed by atoms with Gasteiger partial charge in [-0.25, -0.2) is 4.79 Å². The first kappa shape index (κ1) is 19.2. The molecular weight excluding hydrogens is 411 g/mol. The fourth-order valence-corrected chi connectivity index (χ4v) is 3.51. The van der Waals surface area contributed by atoms with Crippen LogP contribution in [-0.2, 0) is 16.2 Å². The second kappa shape index (κ2) is 8.07. The van der Waals surface area contributed by atoms with Gasteiger partial charge in [-0.1, -0.05) is 70.8 Å². The van der Waals surface area contributed by atoms with Crippen molar-refractivity contribution in [2.24, 2.45) is 5.16 Å². The fraction of sp³-hybridized carbons (Fsp3) is 0.0455. The van der Waals surface area contributed by atoms with E-state index in [-0.39, 0.29) is 18.2 Å². The van der Waals surface area contributed by atoms with Crippen molar-refractivity contribution in [3.63, 3.8) is 0 Å². The van der Waals surface area contributed by atoms with Crippen molar-refractivity contribution in [3.05, 3.63) is 99.5 Å². The standard InChI is InChI=1S/C22H14Cl2N2O3/c23-16-11-10-15(18(24)12-16)13-26-19-9-5-4-8-17(19)20(21(26)27)25-29-22(28)14-6-2-1-3-7-14/h1-12H,13H2. The molecule has 1 heterocycles. The molecule has 0 N–H and O–H groups in total. The molecule has 3 aromatic carbocycles. The molecule has 144 valence electrons. The molecule has 0 spiro atoms. The molecule has 0 atom stereocenters. The second-order valence-corrected chi connectivity index (χ2v) is 7.17. The van der Waals surface area contributed by atoms with Gasteiger partial charge in [-0.15, -0.1) is 0 Å². The van der Waals surface area contributed by atoms with Crippen molar-refractivity contribution >= 4 is 46.5 Å². The van der Waals surface area contributed by atoms with Crippen LogP contribution in [0.15, 0.2) is 78.0 Å². The zero-order valence-corrected chi connectivity index (χ0v) is 16.5. The summed E-state index contributed by atoms with van der Waals surface area (Å²) in [7, 11) is 0. The maximum Gasteiger partial charge on any atom is 0.365 e. The lowest BCUT2D eigenvalue weighted by Crippen LogP contribution is -2.30. The first-order chi connectivity index (χ1) is 14.0. The highest BCUT2D eigenvalue weighted by molar-refractivity contribution is 6.54. The third kappa shape index (κ3) is 3.88. The van der Waals surface area contributed by atoms with Crippen molar-refractivity contribution in [1.82, 2.24) is 0 Å². The van der Waals surface area contributed by atoms with Crippen molar-refractivity contribution in [3.8, 4) is 0 Å². The Morgan fingerprint density at radius 1 is 0.966 bits per heavy atom. The summed E-state index contributed by atoms with van der Waals surface area (Å²) in [6.07, 6.45) is 0. The lowest BCUT2D eigenvalue weighted by atomic mass is 10.1. The number of carbonyl (C=O) groups excluding carboxylic acids is 2. The van der Waals surface area contributed by atoms with Gasteiger partial charge in [-0.3, -0.25) is 4.79 Å². The Labute approximate surface area is 177 Å². The third-order valence-electron chi connectivity index (χ3n) is 4.47.